The quantitative estimate of drug-likeness (QED) is 0.653. The SMILES string of the molecule is CCN(CCC(=O)O)C(=O)C1CNCCO1. The Balaban J connectivity index is 2.44. The molecule has 2 N–H and O–H groups in total. The maximum absolute atomic E-state index is 11.9. The molecule has 1 heterocycles. The molecule has 1 saturated heterocycles. The van der Waals surface area contributed by atoms with Gasteiger partial charge in [0.15, 0.2) is 0 Å². The first-order valence-corrected chi connectivity index (χ1v) is 5.48. The Kier molecular flexibility index (Phi) is 5.21. The highest BCUT2D eigenvalue weighted by Crippen LogP contribution is 2.03. The van der Waals surface area contributed by atoms with E-state index in [4.69, 9.17) is 9.84 Å². The number of hydrogen-bond donors (Lipinski definition) is 2. The van der Waals surface area contributed by atoms with Crippen molar-refractivity contribution in [2.45, 2.75) is 19.4 Å². The molecule has 1 atom stereocenters. The summed E-state index contributed by atoms with van der Waals surface area (Å²) in [4.78, 5) is 23.9. The maximum atomic E-state index is 11.9. The molecule has 6 heteroatoms. The van der Waals surface area contributed by atoms with Crippen LogP contribution in [0.15, 0.2) is 0 Å². The van der Waals surface area contributed by atoms with Crippen molar-refractivity contribution in [2.75, 3.05) is 32.8 Å². The Bertz CT molecular complexity index is 251. The van der Waals surface area contributed by atoms with Gasteiger partial charge in [0.05, 0.1) is 13.0 Å². The Morgan fingerprint density at radius 1 is 1.56 bits per heavy atom. The lowest BCUT2D eigenvalue weighted by molar-refractivity contribution is -0.146. The van der Waals surface area contributed by atoms with Gasteiger partial charge in [0.1, 0.15) is 6.10 Å². The number of nitrogens with zero attached hydrogens (tertiary/aromatic N) is 1. The number of aliphatic carboxylic acids is 1. The molecule has 1 aliphatic heterocycles. The van der Waals surface area contributed by atoms with Crippen LogP contribution in [-0.2, 0) is 14.3 Å². The van der Waals surface area contributed by atoms with E-state index in [0.717, 1.165) is 6.54 Å². The van der Waals surface area contributed by atoms with Gasteiger partial charge in [-0.25, -0.2) is 0 Å². The molecular formula is C10H18N2O4. The number of likely N-dealkylation sites (N-methyl/N-ethyl adjacent to an activating group) is 1. The molecule has 92 valence electrons. The highest BCUT2D eigenvalue weighted by atomic mass is 16.5. The van der Waals surface area contributed by atoms with Gasteiger partial charge in [0.2, 0.25) is 0 Å². The fourth-order valence-corrected chi connectivity index (χ4v) is 1.58. The van der Waals surface area contributed by atoms with Crippen LogP contribution in [-0.4, -0.2) is 60.8 Å². The lowest BCUT2D eigenvalue weighted by atomic mass is 10.2. The summed E-state index contributed by atoms with van der Waals surface area (Å²) in [7, 11) is 0. The molecule has 1 rings (SSSR count). The number of carbonyl (C=O) groups excluding carboxylic acids is 1. The average Bonchev–Trinajstić information content (AvgIpc) is 2.30. The Labute approximate surface area is 94.6 Å². The molecule has 16 heavy (non-hydrogen) atoms. The monoisotopic (exact) mass is 230 g/mol. The molecule has 0 spiro atoms. The van der Waals surface area contributed by atoms with Crippen molar-refractivity contribution >= 4 is 11.9 Å². The second kappa shape index (κ2) is 6.44. The molecule has 0 aromatic rings. The Morgan fingerprint density at radius 3 is 2.81 bits per heavy atom. The molecule has 1 amide bonds. The fraction of sp³-hybridized carbons (Fsp3) is 0.800. The van der Waals surface area contributed by atoms with Gasteiger partial charge in [-0.3, -0.25) is 9.59 Å². The summed E-state index contributed by atoms with van der Waals surface area (Å²) in [5.74, 6) is -1.02. The van der Waals surface area contributed by atoms with Gasteiger partial charge in [-0.05, 0) is 6.92 Å². The third-order valence-corrected chi connectivity index (χ3v) is 2.49. The van der Waals surface area contributed by atoms with Gasteiger partial charge in [-0.2, -0.15) is 0 Å². The van der Waals surface area contributed by atoms with Crippen LogP contribution in [0.5, 0.6) is 0 Å². The first-order chi connectivity index (χ1) is 7.65. The molecule has 1 fully saturated rings. The molecule has 1 unspecified atom stereocenters. The standard InChI is InChI=1S/C10H18N2O4/c1-2-12(5-3-9(13)14)10(15)8-7-11-4-6-16-8/h8,11H,2-7H2,1H3,(H,13,14). The highest BCUT2D eigenvalue weighted by Gasteiger charge is 2.26. The predicted molar refractivity (Wildman–Crippen MR) is 57.1 cm³/mol. The van der Waals surface area contributed by atoms with Crippen LogP contribution in [0, 0.1) is 0 Å². The van der Waals surface area contributed by atoms with Crippen LogP contribution in [0.25, 0.3) is 0 Å². The van der Waals surface area contributed by atoms with Gasteiger partial charge in [-0.1, -0.05) is 0 Å². The van der Waals surface area contributed by atoms with Crippen molar-refractivity contribution in [3.8, 4) is 0 Å². The largest absolute Gasteiger partial charge is 0.481 e. The molecule has 1 aliphatic rings. The van der Waals surface area contributed by atoms with Crippen LogP contribution in [0.4, 0.5) is 0 Å². The van der Waals surface area contributed by atoms with Crippen molar-refractivity contribution in [3.63, 3.8) is 0 Å². The number of morpholine rings is 1. The third kappa shape index (κ3) is 3.79. The summed E-state index contributed by atoms with van der Waals surface area (Å²) in [6, 6.07) is 0. The summed E-state index contributed by atoms with van der Waals surface area (Å²) in [5, 5.41) is 11.6. The Hall–Kier alpha value is -1.14. The van der Waals surface area contributed by atoms with E-state index < -0.39 is 12.1 Å². The topological polar surface area (TPSA) is 78.9 Å². The second-order valence-corrected chi connectivity index (χ2v) is 3.63. The average molecular weight is 230 g/mol. The number of ether oxygens (including phenoxy) is 1. The zero-order valence-corrected chi connectivity index (χ0v) is 9.44. The van der Waals surface area contributed by atoms with Gasteiger partial charge in [-0.15, -0.1) is 0 Å². The maximum Gasteiger partial charge on any atom is 0.305 e. The molecule has 0 aliphatic carbocycles. The molecular weight excluding hydrogens is 212 g/mol. The first-order valence-electron chi connectivity index (χ1n) is 5.48. The van der Waals surface area contributed by atoms with Crippen LogP contribution in [0.3, 0.4) is 0 Å². The van der Waals surface area contributed by atoms with Crippen molar-refractivity contribution in [1.82, 2.24) is 10.2 Å². The molecule has 0 aromatic heterocycles. The molecule has 0 saturated carbocycles. The van der Waals surface area contributed by atoms with Crippen molar-refractivity contribution in [1.29, 1.82) is 0 Å². The van der Waals surface area contributed by atoms with Gasteiger partial charge < -0.3 is 20.1 Å². The van der Waals surface area contributed by atoms with E-state index in [0.29, 0.717) is 19.7 Å². The lowest BCUT2D eigenvalue weighted by Crippen LogP contribution is -2.49. The molecule has 0 bridgehead atoms. The zero-order chi connectivity index (χ0) is 12.0. The number of hydrogen-bond acceptors (Lipinski definition) is 4. The molecule has 6 nitrogen and oxygen atoms in total. The van der Waals surface area contributed by atoms with Crippen LogP contribution in [0.1, 0.15) is 13.3 Å². The summed E-state index contributed by atoms with van der Waals surface area (Å²) >= 11 is 0. The van der Waals surface area contributed by atoms with E-state index in [9.17, 15) is 9.59 Å². The van der Waals surface area contributed by atoms with Crippen molar-refractivity contribution in [3.05, 3.63) is 0 Å². The van der Waals surface area contributed by atoms with E-state index >= 15 is 0 Å². The third-order valence-electron chi connectivity index (χ3n) is 2.49. The second-order valence-electron chi connectivity index (χ2n) is 3.63. The number of rotatable bonds is 5. The first kappa shape index (κ1) is 12.9. The van der Waals surface area contributed by atoms with E-state index in [1.165, 1.54) is 4.90 Å². The minimum atomic E-state index is -0.895. The van der Waals surface area contributed by atoms with Crippen molar-refractivity contribution < 1.29 is 19.4 Å². The minimum Gasteiger partial charge on any atom is -0.481 e. The molecule has 0 aromatic carbocycles. The smallest absolute Gasteiger partial charge is 0.305 e. The van der Waals surface area contributed by atoms with Gasteiger partial charge >= 0.3 is 5.97 Å². The van der Waals surface area contributed by atoms with Crippen LogP contribution in [0.2, 0.25) is 0 Å². The van der Waals surface area contributed by atoms with Crippen molar-refractivity contribution in [2.24, 2.45) is 0 Å². The lowest BCUT2D eigenvalue weighted by Gasteiger charge is -2.28. The highest BCUT2D eigenvalue weighted by molar-refractivity contribution is 5.81. The molecule has 0 radical (unpaired) electrons. The Morgan fingerprint density at radius 2 is 2.31 bits per heavy atom. The van der Waals surface area contributed by atoms with E-state index in [1.807, 2.05) is 6.92 Å². The normalized spacial score (nSPS) is 20.4. The number of amides is 1. The van der Waals surface area contributed by atoms with Gasteiger partial charge in [0.25, 0.3) is 5.91 Å². The van der Waals surface area contributed by atoms with Gasteiger partial charge in [0, 0.05) is 26.2 Å². The number of carboxylic acid groups (broad SMARTS) is 1. The summed E-state index contributed by atoms with van der Waals surface area (Å²) in [5.41, 5.74) is 0. The number of carbonyl (C=O) groups is 2. The fourth-order valence-electron chi connectivity index (χ4n) is 1.58. The van der Waals surface area contributed by atoms with E-state index in [2.05, 4.69) is 5.32 Å². The minimum absolute atomic E-state index is 0.0280. The summed E-state index contributed by atoms with van der Waals surface area (Å²) in [6.45, 7) is 4.35. The predicted octanol–water partition coefficient (Wildman–Crippen LogP) is -0.702. The van der Waals surface area contributed by atoms with E-state index in [1.54, 1.807) is 0 Å². The summed E-state index contributed by atoms with van der Waals surface area (Å²) < 4.78 is 5.33. The number of nitrogens with one attached hydrogen (secondary N) is 1. The number of carboxylic acids is 1. The van der Waals surface area contributed by atoms with Crippen LogP contribution < -0.4 is 5.32 Å². The van der Waals surface area contributed by atoms with E-state index in [-0.39, 0.29) is 18.9 Å². The summed E-state index contributed by atoms with van der Waals surface area (Å²) in [6.07, 6.45) is -0.498. The van der Waals surface area contributed by atoms with Crippen LogP contribution >= 0.6 is 0 Å². The zero-order valence-electron chi connectivity index (χ0n) is 9.44.